The highest BCUT2D eigenvalue weighted by molar-refractivity contribution is 5.80. The maximum atomic E-state index is 10.4. The molecule has 0 bridgehead atoms. The highest BCUT2D eigenvalue weighted by Crippen LogP contribution is 2.27. The molecule has 0 amide bonds. The molecule has 0 aromatic heterocycles. The number of carbonyl (C=O) groups is 1. The third-order valence-corrected chi connectivity index (χ3v) is 2.70. The van der Waals surface area contributed by atoms with Gasteiger partial charge in [0, 0.05) is 6.08 Å². The van der Waals surface area contributed by atoms with Gasteiger partial charge in [0.15, 0.2) is 0 Å². The molecule has 0 unspecified atom stereocenters. The molecule has 18 heavy (non-hydrogen) atoms. The van der Waals surface area contributed by atoms with Crippen molar-refractivity contribution in [2.75, 3.05) is 7.11 Å². The minimum Gasteiger partial charge on any atom is -0.496 e. The molecule has 0 saturated carbocycles. The number of carboxylic acid groups (broad SMARTS) is 1. The summed E-state index contributed by atoms with van der Waals surface area (Å²) >= 11 is 0. The molecule has 0 spiro atoms. The third-order valence-electron chi connectivity index (χ3n) is 2.70. The van der Waals surface area contributed by atoms with Gasteiger partial charge < -0.3 is 9.84 Å². The summed E-state index contributed by atoms with van der Waals surface area (Å²) in [5.74, 6) is -0.0474. The van der Waals surface area contributed by atoms with E-state index in [9.17, 15) is 4.79 Å². The molecule has 0 saturated heterocycles. The largest absolute Gasteiger partial charge is 0.496 e. The maximum absolute atomic E-state index is 10.4. The highest BCUT2D eigenvalue weighted by atomic mass is 16.5. The number of aliphatic carboxylic acids is 1. The van der Waals surface area contributed by atoms with Crippen LogP contribution in [0.25, 0.3) is 5.57 Å². The number of hydrogen-bond acceptors (Lipinski definition) is 2. The van der Waals surface area contributed by atoms with Crippen molar-refractivity contribution >= 4 is 11.5 Å². The lowest BCUT2D eigenvalue weighted by atomic mass is 10.0. The van der Waals surface area contributed by atoms with Crippen LogP contribution in [0.15, 0.2) is 30.4 Å². The second-order valence-electron chi connectivity index (χ2n) is 4.19. The third kappa shape index (κ3) is 3.48. The Morgan fingerprint density at radius 1 is 1.28 bits per heavy atom. The summed E-state index contributed by atoms with van der Waals surface area (Å²) in [5.41, 5.74) is 4.23. The van der Waals surface area contributed by atoms with Crippen LogP contribution in [0.1, 0.15) is 23.6 Å². The summed E-state index contributed by atoms with van der Waals surface area (Å²) in [6, 6.07) is 4.07. The second kappa shape index (κ2) is 6.05. The Morgan fingerprint density at radius 2 is 1.83 bits per heavy atom. The molecule has 0 aliphatic carbocycles. The zero-order valence-corrected chi connectivity index (χ0v) is 11.2. The number of benzene rings is 1. The monoisotopic (exact) mass is 246 g/mol. The minimum absolute atomic E-state index is 0.896. The van der Waals surface area contributed by atoms with E-state index in [1.807, 2.05) is 32.9 Å². The molecule has 1 rings (SSSR count). The quantitative estimate of drug-likeness (QED) is 0.654. The first-order chi connectivity index (χ1) is 8.45. The molecule has 0 fully saturated rings. The van der Waals surface area contributed by atoms with Crippen molar-refractivity contribution in [2.45, 2.75) is 20.8 Å². The number of hydrogen-bond donors (Lipinski definition) is 1. The number of allylic oxidation sites excluding steroid dienone is 3. The van der Waals surface area contributed by atoms with E-state index in [1.54, 1.807) is 13.2 Å². The fourth-order valence-corrected chi connectivity index (χ4v) is 1.87. The molecule has 0 aliphatic rings. The van der Waals surface area contributed by atoms with E-state index in [1.165, 1.54) is 6.08 Å². The van der Waals surface area contributed by atoms with E-state index < -0.39 is 5.97 Å². The van der Waals surface area contributed by atoms with Crippen molar-refractivity contribution < 1.29 is 14.6 Å². The van der Waals surface area contributed by atoms with Crippen molar-refractivity contribution in [3.63, 3.8) is 0 Å². The SMILES string of the molecule is COc1c(C)cc(/C(C)=C/C=C/C(=O)O)cc1C. The summed E-state index contributed by atoms with van der Waals surface area (Å²) < 4.78 is 5.31. The standard InChI is InChI=1S/C15H18O3/c1-10(6-5-7-14(16)17)13-8-11(2)15(18-4)12(3)9-13/h5-9H,1-4H3,(H,16,17)/b7-5+,10-6+. The first-order valence-electron chi connectivity index (χ1n) is 5.69. The Hall–Kier alpha value is -2.03. The first kappa shape index (κ1) is 14.0. The smallest absolute Gasteiger partial charge is 0.328 e. The Labute approximate surface area is 107 Å². The fraction of sp³-hybridized carbons (Fsp3) is 0.267. The molecule has 1 aromatic rings. The average Bonchev–Trinajstić information content (AvgIpc) is 2.27. The van der Waals surface area contributed by atoms with Crippen molar-refractivity contribution in [3.05, 3.63) is 47.1 Å². The van der Waals surface area contributed by atoms with Crippen LogP contribution in [0, 0.1) is 13.8 Å². The van der Waals surface area contributed by atoms with Gasteiger partial charge in [0.2, 0.25) is 0 Å². The second-order valence-corrected chi connectivity index (χ2v) is 4.19. The lowest BCUT2D eigenvalue weighted by molar-refractivity contribution is -0.131. The molecule has 3 nitrogen and oxygen atoms in total. The van der Waals surface area contributed by atoms with E-state index in [2.05, 4.69) is 0 Å². The Kier molecular flexibility index (Phi) is 4.72. The van der Waals surface area contributed by atoms with Gasteiger partial charge in [0.05, 0.1) is 7.11 Å². The lowest BCUT2D eigenvalue weighted by Crippen LogP contribution is -1.93. The molecular weight excluding hydrogens is 228 g/mol. The molecule has 3 heteroatoms. The van der Waals surface area contributed by atoms with Crippen LogP contribution in [-0.2, 0) is 4.79 Å². The summed E-state index contributed by atoms with van der Waals surface area (Å²) in [5, 5.41) is 8.52. The highest BCUT2D eigenvalue weighted by Gasteiger charge is 2.05. The molecule has 1 aromatic carbocycles. The van der Waals surface area contributed by atoms with Gasteiger partial charge in [-0.25, -0.2) is 4.79 Å². The van der Waals surface area contributed by atoms with E-state index in [0.29, 0.717) is 0 Å². The first-order valence-corrected chi connectivity index (χ1v) is 5.69. The lowest BCUT2D eigenvalue weighted by Gasteiger charge is -2.11. The van der Waals surface area contributed by atoms with Crippen LogP contribution < -0.4 is 4.74 Å². The summed E-state index contributed by atoms with van der Waals surface area (Å²) in [6.07, 6.45) is 4.44. The zero-order chi connectivity index (χ0) is 13.7. The van der Waals surface area contributed by atoms with Gasteiger partial charge in [-0.1, -0.05) is 12.2 Å². The molecule has 0 aliphatic heterocycles. The summed E-state index contributed by atoms with van der Waals surface area (Å²) in [6.45, 7) is 5.94. The number of rotatable bonds is 4. The molecule has 0 radical (unpaired) electrons. The van der Waals surface area contributed by atoms with Crippen molar-refractivity contribution in [3.8, 4) is 5.75 Å². The van der Waals surface area contributed by atoms with Gasteiger partial charge in [-0.05, 0) is 55.2 Å². The Morgan fingerprint density at radius 3 is 2.28 bits per heavy atom. The van der Waals surface area contributed by atoms with Crippen LogP contribution >= 0.6 is 0 Å². The molecule has 0 atom stereocenters. The van der Waals surface area contributed by atoms with Crippen molar-refractivity contribution in [1.29, 1.82) is 0 Å². The van der Waals surface area contributed by atoms with E-state index in [-0.39, 0.29) is 0 Å². The Balaban J connectivity index is 3.07. The molecule has 0 heterocycles. The Bertz CT molecular complexity index is 487. The van der Waals surface area contributed by atoms with Crippen LogP contribution in [-0.4, -0.2) is 18.2 Å². The number of carboxylic acids is 1. The van der Waals surface area contributed by atoms with Crippen LogP contribution in [0.3, 0.4) is 0 Å². The average molecular weight is 246 g/mol. The van der Waals surface area contributed by atoms with Gasteiger partial charge in [-0.3, -0.25) is 0 Å². The van der Waals surface area contributed by atoms with Gasteiger partial charge >= 0.3 is 5.97 Å². The fourth-order valence-electron chi connectivity index (χ4n) is 1.87. The molecular formula is C15H18O3. The van der Waals surface area contributed by atoms with Gasteiger partial charge in [0.1, 0.15) is 5.75 Å². The normalized spacial score (nSPS) is 11.9. The number of methoxy groups -OCH3 is 1. The maximum Gasteiger partial charge on any atom is 0.328 e. The van der Waals surface area contributed by atoms with Gasteiger partial charge in [0.25, 0.3) is 0 Å². The molecule has 96 valence electrons. The van der Waals surface area contributed by atoms with E-state index >= 15 is 0 Å². The minimum atomic E-state index is -0.943. The molecule has 1 N–H and O–H groups in total. The summed E-state index contributed by atoms with van der Waals surface area (Å²) in [4.78, 5) is 10.4. The predicted octanol–water partition coefficient (Wildman–Crippen LogP) is 3.36. The number of ether oxygens (including phenoxy) is 1. The van der Waals surface area contributed by atoms with Crippen LogP contribution in [0.5, 0.6) is 5.75 Å². The number of aryl methyl sites for hydroxylation is 2. The van der Waals surface area contributed by atoms with Crippen molar-refractivity contribution in [2.24, 2.45) is 0 Å². The topological polar surface area (TPSA) is 46.5 Å². The summed E-state index contributed by atoms with van der Waals surface area (Å²) in [7, 11) is 1.66. The van der Waals surface area contributed by atoms with Crippen LogP contribution in [0.4, 0.5) is 0 Å². The van der Waals surface area contributed by atoms with Crippen LogP contribution in [0.2, 0.25) is 0 Å². The zero-order valence-electron chi connectivity index (χ0n) is 11.2. The van der Waals surface area contributed by atoms with E-state index in [0.717, 1.165) is 34.1 Å². The van der Waals surface area contributed by atoms with Gasteiger partial charge in [-0.15, -0.1) is 0 Å². The van der Waals surface area contributed by atoms with Gasteiger partial charge in [-0.2, -0.15) is 0 Å². The van der Waals surface area contributed by atoms with Crippen molar-refractivity contribution in [1.82, 2.24) is 0 Å². The van der Waals surface area contributed by atoms with E-state index in [4.69, 9.17) is 9.84 Å². The predicted molar refractivity (Wildman–Crippen MR) is 72.9 cm³/mol.